The molecule has 2 aromatic rings. The van der Waals surface area contributed by atoms with E-state index in [0.717, 1.165) is 24.9 Å². The Kier molecular flexibility index (Phi) is 5.83. The summed E-state index contributed by atoms with van der Waals surface area (Å²) in [4.78, 5) is 14.4. The van der Waals surface area contributed by atoms with Crippen molar-refractivity contribution < 1.29 is 14.4 Å². The summed E-state index contributed by atoms with van der Waals surface area (Å²) in [5.41, 5.74) is 0.952. The molecule has 1 aliphatic rings. The first-order valence-electron chi connectivity index (χ1n) is 8.82. The van der Waals surface area contributed by atoms with Crippen LogP contribution in [0.25, 0.3) is 0 Å². The van der Waals surface area contributed by atoms with Crippen molar-refractivity contribution in [2.24, 2.45) is 0 Å². The molecule has 2 N–H and O–H groups in total. The fourth-order valence-electron chi connectivity index (χ4n) is 3.40. The minimum Gasteiger partial charge on any atom is -0.388 e. The highest BCUT2D eigenvalue weighted by Crippen LogP contribution is 2.27. The summed E-state index contributed by atoms with van der Waals surface area (Å²) in [5.74, 6) is 1.06. The van der Waals surface area contributed by atoms with E-state index < -0.39 is 6.10 Å². The number of hydrogen-bond donors (Lipinski definition) is 2. The highest BCUT2D eigenvalue weighted by atomic mass is 16.5. The smallest absolute Gasteiger partial charge is 0.226 e. The van der Waals surface area contributed by atoms with Gasteiger partial charge in [0.2, 0.25) is 5.91 Å². The normalized spacial score (nSPS) is 19.0. The van der Waals surface area contributed by atoms with Gasteiger partial charge in [-0.25, -0.2) is 0 Å². The molecule has 6 nitrogen and oxygen atoms in total. The number of rotatable bonds is 7. The van der Waals surface area contributed by atoms with Crippen molar-refractivity contribution in [1.29, 1.82) is 0 Å². The maximum atomic E-state index is 12.1. The lowest BCUT2D eigenvalue weighted by atomic mass is 10.0. The van der Waals surface area contributed by atoms with Gasteiger partial charge >= 0.3 is 0 Å². The summed E-state index contributed by atoms with van der Waals surface area (Å²) < 4.78 is 4.94. The average Bonchev–Trinajstić information content (AvgIpc) is 3.22. The first-order valence-corrected chi connectivity index (χ1v) is 8.82. The summed E-state index contributed by atoms with van der Waals surface area (Å²) >= 11 is 0. The molecule has 3 rings (SSSR count). The molecule has 134 valence electrons. The van der Waals surface area contributed by atoms with Gasteiger partial charge in [0, 0.05) is 25.1 Å². The van der Waals surface area contributed by atoms with E-state index in [9.17, 15) is 9.90 Å². The minimum absolute atomic E-state index is 0.0671. The number of aliphatic hydroxyl groups is 1. The van der Waals surface area contributed by atoms with Gasteiger partial charge in [0.1, 0.15) is 5.76 Å². The van der Waals surface area contributed by atoms with E-state index >= 15 is 0 Å². The monoisotopic (exact) mass is 343 g/mol. The predicted octanol–water partition coefficient (Wildman–Crippen LogP) is 2.90. The number of amides is 1. The molecular weight excluding hydrogens is 318 g/mol. The van der Waals surface area contributed by atoms with Crippen LogP contribution in [0.2, 0.25) is 0 Å². The maximum Gasteiger partial charge on any atom is 0.226 e. The Labute approximate surface area is 147 Å². The van der Waals surface area contributed by atoms with Crippen LogP contribution in [-0.4, -0.2) is 40.2 Å². The predicted molar refractivity (Wildman–Crippen MR) is 95.1 cm³/mol. The molecule has 1 aliphatic heterocycles. The Morgan fingerprint density at radius 2 is 2.24 bits per heavy atom. The van der Waals surface area contributed by atoms with Crippen molar-refractivity contribution in [2.75, 3.05) is 18.4 Å². The number of aliphatic hydroxyl groups excluding tert-OH is 1. The Balaban J connectivity index is 1.47. The van der Waals surface area contributed by atoms with Gasteiger partial charge in [0.05, 0.1) is 6.10 Å². The fraction of sp³-hybridized carbons (Fsp3) is 0.474. The molecule has 1 saturated heterocycles. The van der Waals surface area contributed by atoms with Crippen molar-refractivity contribution in [3.63, 3.8) is 0 Å². The molecule has 1 amide bonds. The lowest BCUT2D eigenvalue weighted by Gasteiger charge is -2.26. The Morgan fingerprint density at radius 3 is 2.96 bits per heavy atom. The lowest BCUT2D eigenvalue weighted by Crippen LogP contribution is -2.33. The van der Waals surface area contributed by atoms with E-state index in [2.05, 4.69) is 15.4 Å². The van der Waals surface area contributed by atoms with Gasteiger partial charge in [0.25, 0.3) is 0 Å². The van der Waals surface area contributed by atoms with Gasteiger partial charge in [-0.2, -0.15) is 0 Å². The van der Waals surface area contributed by atoms with Crippen LogP contribution in [0.3, 0.4) is 0 Å². The van der Waals surface area contributed by atoms with Crippen LogP contribution in [0.4, 0.5) is 5.82 Å². The Bertz CT molecular complexity index is 686. The van der Waals surface area contributed by atoms with Gasteiger partial charge in [-0.15, -0.1) is 0 Å². The van der Waals surface area contributed by atoms with Crippen LogP contribution in [0, 0.1) is 6.92 Å². The quantitative estimate of drug-likeness (QED) is 0.808. The third-order valence-corrected chi connectivity index (χ3v) is 4.70. The van der Waals surface area contributed by atoms with Crippen molar-refractivity contribution in [3.8, 4) is 0 Å². The zero-order chi connectivity index (χ0) is 17.6. The summed E-state index contributed by atoms with van der Waals surface area (Å²) in [6.45, 7) is 3.45. The van der Waals surface area contributed by atoms with Gasteiger partial charge in [-0.05, 0) is 38.3 Å². The van der Waals surface area contributed by atoms with E-state index in [1.54, 1.807) is 13.0 Å². The number of aryl methyl sites for hydroxylation is 1. The summed E-state index contributed by atoms with van der Waals surface area (Å²) in [6.07, 6.45) is 2.82. The summed E-state index contributed by atoms with van der Waals surface area (Å²) in [5, 5.41) is 17.0. The molecule has 0 radical (unpaired) electrons. The molecule has 0 aliphatic carbocycles. The van der Waals surface area contributed by atoms with Crippen molar-refractivity contribution in [2.45, 2.75) is 44.8 Å². The Morgan fingerprint density at radius 1 is 1.44 bits per heavy atom. The lowest BCUT2D eigenvalue weighted by molar-refractivity contribution is -0.116. The molecule has 0 saturated carbocycles. The number of likely N-dealkylation sites (tertiary alicyclic amines) is 1. The van der Waals surface area contributed by atoms with Crippen LogP contribution in [0.1, 0.15) is 43.1 Å². The third-order valence-electron chi connectivity index (χ3n) is 4.70. The van der Waals surface area contributed by atoms with Gasteiger partial charge < -0.3 is 14.9 Å². The van der Waals surface area contributed by atoms with Gasteiger partial charge in [-0.3, -0.25) is 9.69 Å². The first kappa shape index (κ1) is 17.6. The van der Waals surface area contributed by atoms with E-state index in [1.807, 2.05) is 30.3 Å². The number of carbonyl (C=O) groups is 1. The fourth-order valence-corrected chi connectivity index (χ4v) is 3.40. The molecule has 2 heterocycles. The van der Waals surface area contributed by atoms with Crippen LogP contribution in [0.15, 0.2) is 40.9 Å². The van der Waals surface area contributed by atoms with Gasteiger partial charge in [0.15, 0.2) is 5.82 Å². The van der Waals surface area contributed by atoms with E-state index in [-0.39, 0.29) is 5.91 Å². The van der Waals surface area contributed by atoms with E-state index in [1.165, 1.54) is 0 Å². The highest BCUT2D eigenvalue weighted by Gasteiger charge is 2.27. The molecule has 2 atom stereocenters. The molecule has 6 heteroatoms. The molecular formula is C19H25N3O3. The van der Waals surface area contributed by atoms with Crippen LogP contribution in [-0.2, 0) is 4.79 Å². The SMILES string of the molecule is Cc1cc(NC(=O)CCN2CCCC2CC(O)c2ccccc2)no1. The standard InChI is InChI=1S/C19H25N3O3/c1-14-12-18(21-25-14)20-19(24)9-11-22-10-5-8-16(22)13-17(23)15-6-3-2-4-7-15/h2-4,6-7,12,16-17,23H,5,8-11,13H2,1H3,(H,20,21,24). The maximum absolute atomic E-state index is 12.1. The van der Waals surface area contributed by atoms with Crippen LogP contribution < -0.4 is 5.32 Å². The molecule has 1 aromatic carbocycles. The largest absolute Gasteiger partial charge is 0.388 e. The summed E-state index contributed by atoms with van der Waals surface area (Å²) in [6, 6.07) is 11.8. The minimum atomic E-state index is -0.460. The number of carbonyl (C=O) groups excluding carboxylic acids is 1. The Hall–Kier alpha value is -2.18. The number of nitrogens with one attached hydrogen (secondary N) is 1. The zero-order valence-electron chi connectivity index (χ0n) is 14.5. The van der Waals surface area contributed by atoms with Crippen molar-refractivity contribution in [1.82, 2.24) is 10.1 Å². The number of aromatic nitrogens is 1. The molecule has 0 bridgehead atoms. The van der Waals surface area contributed by atoms with E-state index in [4.69, 9.17) is 4.52 Å². The summed E-state index contributed by atoms with van der Waals surface area (Å²) in [7, 11) is 0. The van der Waals surface area contributed by atoms with Crippen molar-refractivity contribution in [3.05, 3.63) is 47.7 Å². The topological polar surface area (TPSA) is 78.6 Å². The third kappa shape index (κ3) is 4.90. The molecule has 0 spiro atoms. The number of hydrogen-bond acceptors (Lipinski definition) is 5. The van der Waals surface area contributed by atoms with Crippen LogP contribution in [0.5, 0.6) is 0 Å². The number of anilines is 1. The molecule has 1 fully saturated rings. The van der Waals surface area contributed by atoms with Crippen molar-refractivity contribution >= 4 is 11.7 Å². The number of nitrogens with zero attached hydrogens (tertiary/aromatic N) is 2. The first-order chi connectivity index (χ1) is 12.1. The number of benzene rings is 1. The van der Waals surface area contributed by atoms with E-state index in [0.29, 0.717) is 37.0 Å². The molecule has 25 heavy (non-hydrogen) atoms. The second kappa shape index (κ2) is 8.27. The molecule has 2 unspecified atom stereocenters. The van der Waals surface area contributed by atoms with Gasteiger partial charge in [-0.1, -0.05) is 35.5 Å². The zero-order valence-corrected chi connectivity index (χ0v) is 14.5. The average molecular weight is 343 g/mol. The van der Waals surface area contributed by atoms with Crippen LogP contribution >= 0.6 is 0 Å². The molecule has 1 aromatic heterocycles. The second-order valence-electron chi connectivity index (χ2n) is 6.62. The second-order valence-corrected chi connectivity index (χ2v) is 6.62. The highest BCUT2D eigenvalue weighted by molar-refractivity contribution is 5.89.